The lowest BCUT2D eigenvalue weighted by Crippen LogP contribution is -2.20. The number of anilines is 1. The van der Waals surface area contributed by atoms with E-state index in [0.717, 1.165) is 10.4 Å². The zero-order valence-corrected chi connectivity index (χ0v) is 18.8. The van der Waals surface area contributed by atoms with Gasteiger partial charge < -0.3 is 0 Å². The summed E-state index contributed by atoms with van der Waals surface area (Å²) in [5, 5.41) is 4.05. The number of nitrogens with one attached hydrogen (secondary N) is 2. The Morgan fingerprint density at radius 3 is 2.62 bits per heavy atom. The SMILES string of the molecule is CNS(=O)(=O)c1ccc(Cl)c(C(=O)Nc2ncc(Cc3cccc(Cl)c3Cl)s2)c1. The molecule has 0 radical (unpaired) electrons. The van der Waals surface area contributed by atoms with E-state index in [2.05, 4.69) is 15.0 Å². The van der Waals surface area contributed by atoms with Crippen molar-refractivity contribution in [2.45, 2.75) is 11.3 Å². The monoisotopic (exact) mass is 489 g/mol. The maximum absolute atomic E-state index is 12.6. The molecule has 1 amide bonds. The molecule has 0 atom stereocenters. The molecule has 0 aliphatic heterocycles. The van der Waals surface area contributed by atoms with Crippen LogP contribution in [0.1, 0.15) is 20.8 Å². The molecule has 0 aliphatic carbocycles. The highest BCUT2D eigenvalue weighted by molar-refractivity contribution is 7.89. The zero-order chi connectivity index (χ0) is 21.2. The van der Waals surface area contributed by atoms with Crippen LogP contribution in [0, 0.1) is 0 Å². The summed E-state index contributed by atoms with van der Waals surface area (Å²) >= 11 is 19.6. The van der Waals surface area contributed by atoms with E-state index >= 15 is 0 Å². The van der Waals surface area contributed by atoms with Gasteiger partial charge in [0.25, 0.3) is 5.91 Å². The lowest BCUT2D eigenvalue weighted by molar-refractivity contribution is 0.102. The van der Waals surface area contributed by atoms with Gasteiger partial charge in [-0.05, 0) is 36.9 Å². The van der Waals surface area contributed by atoms with Crippen LogP contribution in [0.2, 0.25) is 15.1 Å². The Hall–Kier alpha value is -1.68. The normalized spacial score (nSPS) is 11.4. The molecule has 0 saturated carbocycles. The third-order valence-corrected chi connectivity index (χ3v) is 7.44. The Balaban J connectivity index is 1.79. The molecular weight excluding hydrogens is 477 g/mol. The second-order valence-corrected chi connectivity index (χ2v) is 10.0. The van der Waals surface area contributed by atoms with Gasteiger partial charge in [-0.25, -0.2) is 18.1 Å². The minimum atomic E-state index is -3.71. The third kappa shape index (κ3) is 5.09. The largest absolute Gasteiger partial charge is 0.298 e. The van der Waals surface area contributed by atoms with Crippen LogP contribution in [-0.4, -0.2) is 26.4 Å². The summed E-state index contributed by atoms with van der Waals surface area (Å²) in [7, 11) is -2.42. The minimum Gasteiger partial charge on any atom is -0.298 e. The predicted octanol–water partition coefficient (Wildman–Crippen LogP) is 4.85. The van der Waals surface area contributed by atoms with Gasteiger partial charge in [-0.15, -0.1) is 11.3 Å². The van der Waals surface area contributed by atoms with Crippen LogP contribution in [0.3, 0.4) is 0 Å². The highest BCUT2D eigenvalue weighted by Gasteiger charge is 2.18. The first-order valence-electron chi connectivity index (χ1n) is 8.13. The van der Waals surface area contributed by atoms with Gasteiger partial charge in [0.2, 0.25) is 10.0 Å². The summed E-state index contributed by atoms with van der Waals surface area (Å²) in [6, 6.07) is 9.26. The summed E-state index contributed by atoms with van der Waals surface area (Å²) in [6.07, 6.45) is 2.13. The zero-order valence-electron chi connectivity index (χ0n) is 14.9. The highest BCUT2D eigenvalue weighted by atomic mass is 35.5. The molecule has 29 heavy (non-hydrogen) atoms. The van der Waals surface area contributed by atoms with Crippen molar-refractivity contribution in [2.75, 3.05) is 12.4 Å². The molecular formula is C18H14Cl3N3O3S2. The topological polar surface area (TPSA) is 88.2 Å². The van der Waals surface area contributed by atoms with Gasteiger partial charge in [-0.1, -0.05) is 46.9 Å². The van der Waals surface area contributed by atoms with Gasteiger partial charge in [0.05, 0.1) is 25.5 Å². The minimum absolute atomic E-state index is 0.0256. The lowest BCUT2D eigenvalue weighted by atomic mass is 10.1. The number of halogens is 3. The molecule has 1 heterocycles. The summed E-state index contributed by atoms with van der Waals surface area (Å²) in [5.41, 5.74) is 0.867. The van der Waals surface area contributed by atoms with Crippen molar-refractivity contribution < 1.29 is 13.2 Å². The first-order valence-corrected chi connectivity index (χ1v) is 11.6. The van der Waals surface area contributed by atoms with E-state index in [-0.39, 0.29) is 15.5 Å². The van der Waals surface area contributed by atoms with Crippen LogP contribution in [0.5, 0.6) is 0 Å². The smallest absolute Gasteiger partial charge is 0.259 e. The van der Waals surface area contributed by atoms with Crippen LogP contribution < -0.4 is 10.0 Å². The molecule has 6 nitrogen and oxygen atoms in total. The van der Waals surface area contributed by atoms with E-state index in [9.17, 15) is 13.2 Å². The van der Waals surface area contributed by atoms with Crippen LogP contribution >= 0.6 is 46.1 Å². The molecule has 11 heteroatoms. The van der Waals surface area contributed by atoms with Crippen molar-refractivity contribution in [2.24, 2.45) is 0 Å². The highest BCUT2D eigenvalue weighted by Crippen LogP contribution is 2.30. The molecule has 1 aromatic heterocycles. The molecule has 3 rings (SSSR count). The first kappa shape index (κ1) is 22.0. The van der Waals surface area contributed by atoms with Crippen molar-refractivity contribution in [3.05, 3.63) is 73.7 Å². The second kappa shape index (κ2) is 8.99. The number of aromatic nitrogens is 1. The van der Waals surface area contributed by atoms with Gasteiger partial charge in [0.15, 0.2) is 5.13 Å². The Morgan fingerprint density at radius 2 is 1.90 bits per heavy atom. The number of rotatable bonds is 6. The summed E-state index contributed by atoms with van der Waals surface area (Å²) in [4.78, 5) is 17.6. The molecule has 0 bridgehead atoms. The molecule has 0 fully saturated rings. The lowest BCUT2D eigenvalue weighted by Gasteiger charge is -2.07. The quantitative estimate of drug-likeness (QED) is 0.517. The van der Waals surface area contributed by atoms with Crippen molar-refractivity contribution in [3.63, 3.8) is 0 Å². The van der Waals surface area contributed by atoms with Crippen LogP contribution in [0.25, 0.3) is 0 Å². The number of sulfonamides is 1. The number of thiazole rings is 1. The van der Waals surface area contributed by atoms with Crippen molar-refractivity contribution in [1.82, 2.24) is 9.71 Å². The number of benzene rings is 2. The molecule has 2 N–H and O–H groups in total. The number of amides is 1. The number of carbonyl (C=O) groups excluding carboxylic acids is 1. The third-order valence-electron chi connectivity index (χ3n) is 3.93. The van der Waals surface area contributed by atoms with E-state index < -0.39 is 15.9 Å². The van der Waals surface area contributed by atoms with Crippen LogP contribution in [-0.2, 0) is 16.4 Å². The summed E-state index contributed by atoms with van der Waals surface area (Å²) in [5.74, 6) is -0.565. The second-order valence-electron chi connectivity index (χ2n) is 5.82. The first-order chi connectivity index (χ1) is 13.7. The maximum atomic E-state index is 12.6. The molecule has 0 aliphatic rings. The van der Waals surface area contributed by atoms with Gasteiger partial charge in [-0.2, -0.15) is 0 Å². The number of carbonyl (C=O) groups is 1. The fourth-order valence-corrected chi connectivity index (χ4v) is 4.62. The molecule has 0 spiro atoms. The maximum Gasteiger partial charge on any atom is 0.259 e. The Bertz CT molecular complexity index is 1180. The van der Waals surface area contributed by atoms with E-state index in [4.69, 9.17) is 34.8 Å². The number of nitrogens with zero attached hydrogens (tertiary/aromatic N) is 1. The van der Waals surface area contributed by atoms with Gasteiger partial charge in [-0.3, -0.25) is 10.1 Å². The van der Waals surface area contributed by atoms with E-state index in [1.165, 1.54) is 36.6 Å². The number of hydrogen-bond donors (Lipinski definition) is 2. The van der Waals surface area contributed by atoms with E-state index in [0.29, 0.717) is 21.6 Å². The average Bonchev–Trinajstić information content (AvgIpc) is 3.12. The van der Waals surface area contributed by atoms with Gasteiger partial charge in [0.1, 0.15) is 0 Å². The molecule has 0 unspecified atom stereocenters. The van der Waals surface area contributed by atoms with E-state index in [1.807, 2.05) is 12.1 Å². The van der Waals surface area contributed by atoms with E-state index in [1.54, 1.807) is 12.3 Å². The fourth-order valence-electron chi connectivity index (χ4n) is 2.45. The molecule has 2 aromatic carbocycles. The van der Waals surface area contributed by atoms with Crippen molar-refractivity contribution in [1.29, 1.82) is 0 Å². The molecule has 3 aromatic rings. The van der Waals surface area contributed by atoms with Gasteiger partial charge in [0, 0.05) is 17.5 Å². The molecule has 152 valence electrons. The van der Waals surface area contributed by atoms with Crippen molar-refractivity contribution in [3.8, 4) is 0 Å². The standard InChI is InChI=1S/C18H14Cl3N3O3S2/c1-22-29(26,27)12-5-6-14(19)13(8-12)17(25)24-18-23-9-11(28-18)7-10-3-2-4-15(20)16(10)21/h2-6,8-9,22H,7H2,1H3,(H,23,24,25). The van der Waals surface area contributed by atoms with Crippen molar-refractivity contribution >= 4 is 67.2 Å². The predicted molar refractivity (Wildman–Crippen MR) is 117 cm³/mol. The van der Waals surface area contributed by atoms with Gasteiger partial charge >= 0.3 is 0 Å². The Kier molecular flexibility index (Phi) is 6.83. The summed E-state index contributed by atoms with van der Waals surface area (Å²) in [6.45, 7) is 0. The Morgan fingerprint density at radius 1 is 1.14 bits per heavy atom. The Labute approximate surface area is 186 Å². The fraction of sp³-hybridized carbons (Fsp3) is 0.111. The van der Waals surface area contributed by atoms with Crippen LogP contribution in [0.15, 0.2) is 47.5 Å². The van der Waals surface area contributed by atoms with Crippen LogP contribution in [0.4, 0.5) is 5.13 Å². The summed E-state index contributed by atoms with van der Waals surface area (Å²) < 4.78 is 26.1. The number of hydrogen-bond acceptors (Lipinski definition) is 5. The average molecular weight is 491 g/mol. The molecule has 0 saturated heterocycles.